The van der Waals surface area contributed by atoms with E-state index in [2.05, 4.69) is 11.6 Å². The molecule has 35 heavy (non-hydrogen) atoms. The molecule has 1 fully saturated rings. The van der Waals surface area contributed by atoms with Crippen LogP contribution in [0.15, 0.2) is 79.0 Å². The summed E-state index contributed by atoms with van der Waals surface area (Å²) in [6.45, 7) is 3.78. The molecule has 0 bridgehead atoms. The highest BCUT2D eigenvalue weighted by atomic mass is 35.5. The van der Waals surface area contributed by atoms with Gasteiger partial charge in [0.25, 0.3) is 0 Å². The Kier molecular flexibility index (Phi) is 8.67. The Bertz CT molecular complexity index is 1160. The lowest BCUT2D eigenvalue weighted by Gasteiger charge is -2.19. The lowest BCUT2D eigenvalue weighted by atomic mass is 9.88. The van der Waals surface area contributed by atoms with Crippen molar-refractivity contribution in [2.24, 2.45) is 11.7 Å². The van der Waals surface area contributed by atoms with Gasteiger partial charge >= 0.3 is 6.18 Å². The fourth-order valence-electron chi connectivity index (χ4n) is 3.99. The quantitative estimate of drug-likeness (QED) is 0.298. The van der Waals surface area contributed by atoms with Gasteiger partial charge in [-0.2, -0.15) is 13.2 Å². The van der Waals surface area contributed by atoms with Crippen LogP contribution in [0.3, 0.4) is 0 Å². The van der Waals surface area contributed by atoms with E-state index in [0.29, 0.717) is 23.2 Å². The molecule has 1 saturated carbocycles. The van der Waals surface area contributed by atoms with Crippen LogP contribution in [0.1, 0.15) is 47.6 Å². The lowest BCUT2D eigenvalue weighted by molar-refractivity contribution is -0.137. The summed E-state index contributed by atoms with van der Waals surface area (Å²) in [7, 11) is 0. The number of carbonyl (C=O) groups is 1. The van der Waals surface area contributed by atoms with Crippen molar-refractivity contribution in [1.29, 1.82) is 0 Å². The fraction of sp³-hybridized carbons (Fsp3) is 0.259. The molecule has 1 aliphatic rings. The number of primary amides is 1. The van der Waals surface area contributed by atoms with Crippen LogP contribution in [-0.2, 0) is 17.4 Å². The van der Waals surface area contributed by atoms with E-state index in [1.54, 1.807) is 12.1 Å². The second-order valence-electron chi connectivity index (χ2n) is 8.51. The standard InChI is InChI=1S/C20H14ClF4N.C7H11NO/c21-16-6-7-19(26-12-16)18(8-13-4-2-1-3-5-13)14-9-15(20(23,24)25)11-17(22)10-14;1-5-2-3-6(4-5)7(8)9/h1-7,9-12,18H,8H2;6H,1-4H2,(H2,8,9)/t18-;/m1./s1. The van der Waals surface area contributed by atoms with Gasteiger partial charge in [-0.3, -0.25) is 9.78 Å². The van der Waals surface area contributed by atoms with Gasteiger partial charge in [-0.15, -0.1) is 0 Å². The summed E-state index contributed by atoms with van der Waals surface area (Å²) in [5.41, 5.74) is 6.88. The van der Waals surface area contributed by atoms with Gasteiger partial charge < -0.3 is 5.73 Å². The molecule has 184 valence electrons. The number of hydrogen-bond donors (Lipinski definition) is 1. The minimum atomic E-state index is -4.62. The van der Waals surface area contributed by atoms with E-state index in [0.717, 1.165) is 37.0 Å². The minimum absolute atomic E-state index is 0.0810. The van der Waals surface area contributed by atoms with Crippen LogP contribution in [0.2, 0.25) is 5.02 Å². The van der Waals surface area contributed by atoms with Crippen LogP contribution in [0.5, 0.6) is 0 Å². The molecule has 0 saturated heterocycles. The topological polar surface area (TPSA) is 56.0 Å². The molecular weight excluding hydrogens is 480 g/mol. The monoisotopic (exact) mass is 504 g/mol. The van der Waals surface area contributed by atoms with Gasteiger partial charge in [-0.1, -0.05) is 54.1 Å². The zero-order chi connectivity index (χ0) is 25.6. The molecule has 1 aliphatic carbocycles. The number of rotatable bonds is 5. The summed E-state index contributed by atoms with van der Waals surface area (Å²) >= 11 is 5.86. The third-order valence-electron chi connectivity index (χ3n) is 5.82. The largest absolute Gasteiger partial charge is 0.416 e. The van der Waals surface area contributed by atoms with Gasteiger partial charge in [0, 0.05) is 23.7 Å². The Balaban J connectivity index is 0.000000320. The summed E-state index contributed by atoms with van der Waals surface area (Å²) in [5.74, 6) is -1.56. The summed E-state index contributed by atoms with van der Waals surface area (Å²) in [5, 5.41) is 0.419. The first-order valence-corrected chi connectivity index (χ1v) is 11.4. The van der Waals surface area contributed by atoms with Crippen LogP contribution in [0.25, 0.3) is 0 Å². The normalized spacial score (nSPS) is 16.4. The van der Waals surface area contributed by atoms with Gasteiger partial charge in [-0.25, -0.2) is 4.39 Å². The molecule has 3 aromatic rings. The maximum absolute atomic E-state index is 13.9. The van der Waals surface area contributed by atoms with E-state index >= 15 is 0 Å². The molecular formula is C27H25ClF4N2O. The number of aromatic nitrogens is 1. The maximum Gasteiger partial charge on any atom is 0.416 e. The van der Waals surface area contributed by atoms with E-state index in [4.69, 9.17) is 17.3 Å². The number of nitrogens with zero attached hydrogens (tertiary/aromatic N) is 1. The van der Waals surface area contributed by atoms with E-state index in [-0.39, 0.29) is 17.4 Å². The number of benzene rings is 2. The van der Waals surface area contributed by atoms with Crippen LogP contribution < -0.4 is 5.73 Å². The zero-order valence-corrected chi connectivity index (χ0v) is 19.6. The molecule has 2 N–H and O–H groups in total. The molecule has 8 heteroatoms. The Morgan fingerprint density at radius 1 is 1.14 bits per heavy atom. The third kappa shape index (κ3) is 7.65. The van der Waals surface area contributed by atoms with Crippen molar-refractivity contribution in [2.75, 3.05) is 0 Å². The van der Waals surface area contributed by atoms with Gasteiger partial charge in [0.1, 0.15) is 5.82 Å². The second kappa shape index (κ2) is 11.5. The SMILES string of the molecule is C=C1CCC(C(N)=O)C1.Fc1cc([C@@H](Cc2ccccc2)c2ccc(Cl)cn2)cc(C(F)(F)F)c1. The minimum Gasteiger partial charge on any atom is -0.369 e. The van der Waals surface area contributed by atoms with Crippen LogP contribution in [-0.4, -0.2) is 10.9 Å². The predicted molar refractivity (Wildman–Crippen MR) is 128 cm³/mol. The zero-order valence-electron chi connectivity index (χ0n) is 18.9. The summed E-state index contributed by atoms with van der Waals surface area (Å²) < 4.78 is 53.2. The number of halogens is 5. The van der Waals surface area contributed by atoms with Crippen LogP contribution in [0, 0.1) is 11.7 Å². The number of nitrogens with two attached hydrogens (primary N) is 1. The van der Waals surface area contributed by atoms with Crippen molar-refractivity contribution in [3.63, 3.8) is 0 Å². The average Bonchev–Trinajstić information content (AvgIpc) is 3.25. The van der Waals surface area contributed by atoms with E-state index in [9.17, 15) is 22.4 Å². The van der Waals surface area contributed by atoms with Crippen molar-refractivity contribution in [3.8, 4) is 0 Å². The van der Waals surface area contributed by atoms with Gasteiger partial charge in [0.2, 0.25) is 5.91 Å². The lowest BCUT2D eigenvalue weighted by Crippen LogP contribution is -2.20. The summed E-state index contributed by atoms with van der Waals surface area (Å²) in [6, 6.07) is 15.1. The first-order chi connectivity index (χ1) is 16.5. The number of pyridine rings is 1. The molecule has 1 unspecified atom stereocenters. The van der Waals surface area contributed by atoms with E-state index < -0.39 is 23.5 Å². The van der Waals surface area contributed by atoms with Crippen molar-refractivity contribution in [3.05, 3.63) is 112 Å². The van der Waals surface area contributed by atoms with Crippen molar-refractivity contribution < 1.29 is 22.4 Å². The number of allylic oxidation sites excluding steroid dienone is 1. The molecule has 3 nitrogen and oxygen atoms in total. The molecule has 0 aliphatic heterocycles. The molecule has 2 atom stereocenters. The molecule has 0 radical (unpaired) electrons. The van der Waals surface area contributed by atoms with Crippen molar-refractivity contribution >= 4 is 17.5 Å². The fourth-order valence-corrected chi connectivity index (χ4v) is 4.10. The second-order valence-corrected chi connectivity index (χ2v) is 8.94. The highest BCUT2D eigenvalue weighted by molar-refractivity contribution is 6.30. The average molecular weight is 505 g/mol. The Morgan fingerprint density at radius 2 is 1.86 bits per heavy atom. The summed E-state index contributed by atoms with van der Waals surface area (Å²) in [6.07, 6.45) is -0.103. The number of hydrogen-bond acceptors (Lipinski definition) is 2. The maximum atomic E-state index is 13.9. The Hall–Kier alpha value is -3.19. The number of alkyl halides is 3. The molecule has 2 aromatic carbocycles. The Morgan fingerprint density at radius 3 is 2.37 bits per heavy atom. The highest BCUT2D eigenvalue weighted by Crippen LogP contribution is 2.35. The van der Waals surface area contributed by atoms with Gasteiger partial charge in [0.05, 0.1) is 10.6 Å². The number of amides is 1. The smallest absolute Gasteiger partial charge is 0.369 e. The third-order valence-corrected chi connectivity index (χ3v) is 6.05. The first kappa shape index (κ1) is 26.4. The van der Waals surface area contributed by atoms with Crippen LogP contribution >= 0.6 is 11.6 Å². The van der Waals surface area contributed by atoms with Crippen LogP contribution in [0.4, 0.5) is 17.6 Å². The van der Waals surface area contributed by atoms with Crippen molar-refractivity contribution in [2.45, 2.75) is 37.8 Å². The predicted octanol–water partition coefficient (Wildman–Crippen LogP) is 7.10. The highest BCUT2D eigenvalue weighted by Gasteiger charge is 2.32. The van der Waals surface area contributed by atoms with E-state index in [1.807, 2.05) is 30.3 Å². The number of carbonyl (C=O) groups excluding carboxylic acids is 1. The summed E-state index contributed by atoms with van der Waals surface area (Å²) in [4.78, 5) is 14.8. The molecule has 1 amide bonds. The van der Waals surface area contributed by atoms with E-state index in [1.165, 1.54) is 11.8 Å². The molecule has 1 heterocycles. The molecule has 0 spiro atoms. The van der Waals surface area contributed by atoms with Gasteiger partial charge in [-0.05, 0) is 67.1 Å². The molecule has 4 rings (SSSR count). The van der Waals surface area contributed by atoms with Crippen molar-refractivity contribution in [1.82, 2.24) is 4.98 Å². The first-order valence-electron chi connectivity index (χ1n) is 11.0. The Labute approximate surface area is 206 Å². The molecule has 1 aromatic heterocycles. The van der Waals surface area contributed by atoms with Gasteiger partial charge in [0.15, 0.2) is 0 Å².